The van der Waals surface area contributed by atoms with Crippen LogP contribution < -0.4 is 0 Å². The molecule has 0 fully saturated rings. The molecule has 0 radical (unpaired) electrons. The van der Waals surface area contributed by atoms with Gasteiger partial charge in [-0.15, -0.1) is 0 Å². The molecule has 0 bridgehead atoms. The fourth-order valence-electron chi connectivity index (χ4n) is 2.71. The zero-order valence-corrected chi connectivity index (χ0v) is 15.7. The summed E-state index contributed by atoms with van der Waals surface area (Å²) in [7, 11) is 0. The Morgan fingerprint density at radius 2 is 1.46 bits per heavy atom. The van der Waals surface area contributed by atoms with Gasteiger partial charge in [-0.2, -0.15) is 8.78 Å². The zero-order valence-electron chi connectivity index (χ0n) is 15.7. The van der Waals surface area contributed by atoms with E-state index in [0.29, 0.717) is 5.52 Å². The summed E-state index contributed by atoms with van der Waals surface area (Å²) < 4.78 is 45.2. The van der Waals surface area contributed by atoms with Crippen LogP contribution >= 0.6 is 0 Å². The van der Waals surface area contributed by atoms with Crippen LogP contribution in [0.5, 0.6) is 0 Å². The van der Waals surface area contributed by atoms with Crippen LogP contribution in [0.2, 0.25) is 0 Å². The first-order valence-corrected chi connectivity index (χ1v) is 8.65. The van der Waals surface area contributed by atoms with Gasteiger partial charge in [-0.05, 0) is 29.4 Å². The van der Waals surface area contributed by atoms with Gasteiger partial charge in [0, 0.05) is 6.20 Å². The predicted octanol–water partition coefficient (Wildman–Crippen LogP) is 7.16. The summed E-state index contributed by atoms with van der Waals surface area (Å²) in [5.41, 5.74) is -2.34. The first-order chi connectivity index (χ1) is 11.0. The minimum absolute atomic E-state index is 0.0608. The van der Waals surface area contributed by atoms with Gasteiger partial charge in [0.1, 0.15) is 5.67 Å². The fraction of sp³-hybridized carbons (Fsp3) is 0.600. The summed E-state index contributed by atoms with van der Waals surface area (Å²) in [6.45, 7) is 10.9. The Balaban J connectivity index is 0.000000891. The molecule has 136 valence electrons. The van der Waals surface area contributed by atoms with E-state index in [4.69, 9.17) is 0 Å². The molecule has 2 rings (SSSR count). The van der Waals surface area contributed by atoms with Crippen LogP contribution in [0.4, 0.5) is 13.2 Å². The van der Waals surface area contributed by atoms with Crippen LogP contribution in [0.15, 0.2) is 36.5 Å². The van der Waals surface area contributed by atoms with Crippen molar-refractivity contribution < 1.29 is 13.2 Å². The number of halogens is 3. The second-order valence-corrected chi connectivity index (χ2v) is 7.36. The minimum Gasteiger partial charge on any atom is -0.288 e. The van der Waals surface area contributed by atoms with Gasteiger partial charge >= 0.3 is 6.05 Å². The third kappa shape index (κ3) is 4.34. The molecule has 0 aliphatic heterocycles. The first kappa shape index (κ1) is 20.6. The van der Waals surface area contributed by atoms with E-state index >= 15 is 4.39 Å². The summed E-state index contributed by atoms with van der Waals surface area (Å²) in [5, 5.41) is 0.730. The second kappa shape index (κ2) is 7.62. The summed E-state index contributed by atoms with van der Waals surface area (Å²) in [6.07, 6.45) is 1.83. The van der Waals surface area contributed by atoms with E-state index in [1.165, 1.54) is 12.6 Å². The van der Waals surface area contributed by atoms with Gasteiger partial charge in [-0.3, -0.25) is 4.57 Å². The lowest BCUT2D eigenvalue weighted by molar-refractivity contribution is -0.145. The Morgan fingerprint density at radius 3 is 1.96 bits per heavy atom. The molecule has 1 nitrogen and oxygen atoms in total. The molecule has 0 aliphatic rings. The van der Waals surface area contributed by atoms with Crippen LogP contribution in [0.25, 0.3) is 10.9 Å². The largest absolute Gasteiger partial charge is 0.332 e. The normalized spacial score (nSPS) is 14.9. The lowest BCUT2D eigenvalue weighted by Gasteiger charge is -2.39. The van der Waals surface area contributed by atoms with Crippen LogP contribution in [0.1, 0.15) is 60.8 Å². The fourth-order valence-corrected chi connectivity index (χ4v) is 2.71. The molecule has 0 saturated heterocycles. The van der Waals surface area contributed by atoms with Gasteiger partial charge in [0.25, 0.3) is 0 Å². The summed E-state index contributed by atoms with van der Waals surface area (Å²) in [6, 6.07) is 5.28. The molecule has 4 heteroatoms. The number of nitrogens with zero attached hydrogens (tertiary/aromatic N) is 1. The van der Waals surface area contributed by atoms with Gasteiger partial charge in [0.15, 0.2) is 0 Å². The number of benzene rings is 1. The molecule has 0 saturated carbocycles. The number of hydrogen-bond donors (Lipinski definition) is 0. The van der Waals surface area contributed by atoms with Crippen molar-refractivity contribution in [1.82, 2.24) is 4.57 Å². The lowest BCUT2D eigenvalue weighted by atomic mass is 9.74. The van der Waals surface area contributed by atoms with Crippen LogP contribution in [-0.4, -0.2) is 10.2 Å². The van der Waals surface area contributed by atoms with Crippen molar-refractivity contribution in [2.75, 3.05) is 0 Å². The van der Waals surface area contributed by atoms with E-state index in [2.05, 4.69) is 13.8 Å². The minimum atomic E-state index is -3.26. The van der Waals surface area contributed by atoms with Crippen LogP contribution in [0.3, 0.4) is 0 Å². The molecular formula is C20H30F3N. The molecule has 0 spiro atoms. The average molecular weight is 341 g/mol. The lowest BCUT2D eigenvalue weighted by Crippen LogP contribution is -2.43. The molecular weight excluding hydrogens is 311 g/mol. The highest BCUT2D eigenvalue weighted by Crippen LogP contribution is 2.46. The topological polar surface area (TPSA) is 4.93 Å². The summed E-state index contributed by atoms with van der Waals surface area (Å²) in [4.78, 5) is 0. The standard InChI is InChI=1S/C17H22F3N.C3H8/c1-5-16(18,15(2,3)4)12-17(19,20)21-11-10-13-8-6-7-9-14(13)21;1-3-2/h6-11H,5,12H2,1-4H3;3H2,1-2H3. The Morgan fingerprint density at radius 1 is 0.917 bits per heavy atom. The average Bonchev–Trinajstić information content (AvgIpc) is 2.91. The van der Waals surface area contributed by atoms with E-state index in [9.17, 15) is 8.78 Å². The van der Waals surface area contributed by atoms with Crippen molar-refractivity contribution in [2.45, 2.75) is 72.5 Å². The molecule has 24 heavy (non-hydrogen) atoms. The molecule has 0 amide bonds. The number of hydrogen-bond acceptors (Lipinski definition) is 0. The van der Waals surface area contributed by atoms with Gasteiger partial charge in [-0.25, -0.2) is 4.39 Å². The molecule has 0 N–H and O–H groups in total. The molecule has 1 heterocycles. The Kier molecular flexibility index (Phi) is 6.54. The SMILES string of the molecule is CCC.CCC(F)(CC(F)(F)n1ccc2ccccc21)C(C)(C)C. The van der Waals surface area contributed by atoms with E-state index in [0.717, 1.165) is 9.95 Å². The third-order valence-electron chi connectivity index (χ3n) is 4.35. The van der Waals surface area contributed by atoms with Gasteiger partial charge < -0.3 is 0 Å². The van der Waals surface area contributed by atoms with Gasteiger partial charge in [-0.1, -0.05) is 66.2 Å². The van der Waals surface area contributed by atoms with Crippen LogP contribution in [0, 0.1) is 5.41 Å². The van der Waals surface area contributed by atoms with E-state index < -0.39 is 23.6 Å². The zero-order chi connectivity index (χ0) is 18.6. The van der Waals surface area contributed by atoms with E-state index in [1.54, 1.807) is 58.0 Å². The van der Waals surface area contributed by atoms with Crippen molar-refractivity contribution in [3.8, 4) is 0 Å². The quantitative estimate of drug-likeness (QED) is 0.556. The van der Waals surface area contributed by atoms with Crippen molar-refractivity contribution in [2.24, 2.45) is 5.41 Å². The summed E-state index contributed by atoms with van der Waals surface area (Å²) >= 11 is 0. The highest BCUT2D eigenvalue weighted by molar-refractivity contribution is 5.80. The summed E-state index contributed by atoms with van der Waals surface area (Å²) in [5.74, 6) is 0. The highest BCUT2D eigenvalue weighted by atomic mass is 19.3. The number of rotatable bonds is 4. The maximum absolute atomic E-state index is 15.0. The molecule has 2 aromatic rings. The Hall–Kier alpha value is -1.45. The number of fused-ring (bicyclic) bond motifs is 1. The number of aromatic nitrogens is 1. The molecule has 1 unspecified atom stereocenters. The molecule has 0 aliphatic carbocycles. The maximum Gasteiger partial charge on any atom is 0.332 e. The second-order valence-electron chi connectivity index (χ2n) is 7.36. The van der Waals surface area contributed by atoms with Crippen molar-refractivity contribution >= 4 is 10.9 Å². The molecule has 1 atom stereocenters. The van der Waals surface area contributed by atoms with Crippen molar-refractivity contribution in [1.29, 1.82) is 0 Å². The highest BCUT2D eigenvalue weighted by Gasteiger charge is 2.49. The Bertz CT molecular complexity index is 640. The van der Waals surface area contributed by atoms with Gasteiger partial charge in [0.2, 0.25) is 0 Å². The smallest absolute Gasteiger partial charge is 0.288 e. The van der Waals surface area contributed by atoms with Crippen LogP contribution in [-0.2, 0) is 6.05 Å². The van der Waals surface area contributed by atoms with E-state index in [1.807, 2.05) is 0 Å². The number of para-hydroxylation sites is 1. The maximum atomic E-state index is 15.0. The van der Waals surface area contributed by atoms with E-state index in [-0.39, 0.29) is 6.42 Å². The predicted molar refractivity (Wildman–Crippen MR) is 96.3 cm³/mol. The Labute approximate surface area is 143 Å². The van der Waals surface area contributed by atoms with Gasteiger partial charge in [0.05, 0.1) is 11.9 Å². The van der Waals surface area contributed by atoms with Crippen molar-refractivity contribution in [3.05, 3.63) is 36.5 Å². The van der Waals surface area contributed by atoms with Crippen molar-refractivity contribution in [3.63, 3.8) is 0 Å². The monoisotopic (exact) mass is 341 g/mol. The molecule has 1 aromatic heterocycles. The first-order valence-electron chi connectivity index (χ1n) is 8.65. The molecule has 1 aromatic carbocycles. The third-order valence-corrected chi connectivity index (χ3v) is 4.35. The number of alkyl halides is 3.